The second-order valence-corrected chi connectivity index (χ2v) is 4.77. The molecule has 0 bridgehead atoms. The molecule has 0 saturated carbocycles. The van der Waals surface area contributed by atoms with E-state index in [9.17, 15) is 0 Å². The molecule has 1 aromatic rings. The van der Waals surface area contributed by atoms with Gasteiger partial charge in [0.05, 0.1) is 12.0 Å². The lowest BCUT2D eigenvalue weighted by atomic mass is 10.3. The van der Waals surface area contributed by atoms with E-state index in [1.54, 1.807) is 0 Å². The van der Waals surface area contributed by atoms with E-state index in [0.29, 0.717) is 0 Å². The molecule has 0 radical (unpaired) electrons. The second-order valence-electron chi connectivity index (χ2n) is 4.77. The number of aryl methyl sites for hydroxylation is 1. The number of hydrogen-bond donors (Lipinski definition) is 1. The Labute approximate surface area is 105 Å². The van der Waals surface area contributed by atoms with Crippen molar-refractivity contribution in [3.05, 3.63) is 18.2 Å². The highest BCUT2D eigenvalue weighted by Gasteiger charge is 2.01. The Kier molecular flexibility index (Phi) is 6.89. The first kappa shape index (κ1) is 14.2. The van der Waals surface area contributed by atoms with Crippen LogP contribution >= 0.6 is 0 Å². The molecular weight excluding hydrogens is 212 g/mol. The van der Waals surface area contributed by atoms with Gasteiger partial charge in [-0.1, -0.05) is 6.92 Å². The van der Waals surface area contributed by atoms with Crippen LogP contribution in [0.15, 0.2) is 12.5 Å². The van der Waals surface area contributed by atoms with E-state index in [0.717, 1.165) is 26.2 Å². The van der Waals surface area contributed by atoms with Gasteiger partial charge in [-0.05, 0) is 46.4 Å². The van der Waals surface area contributed by atoms with Crippen LogP contribution in [0.5, 0.6) is 0 Å². The minimum Gasteiger partial charge on any atom is -0.333 e. The molecule has 0 aromatic carbocycles. The van der Waals surface area contributed by atoms with Gasteiger partial charge < -0.3 is 14.8 Å². The first-order chi connectivity index (χ1) is 8.24. The Morgan fingerprint density at radius 2 is 2.18 bits per heavy atom. The van der Waals surface area contributed by atoms with Gasteiger partial charge in [0.15, 0.2) is 0 Å². The highest BCUT2D eigenvalue weighted by Crippen LogP contribution is 2.02. The third kappa shape index (κ3) is 5.84. The third-order valence-electron chi connectivity index (χ3n) is 2.79. The van der Waals surface area contributed by atoms with Gasteiger partial charge in [-0.2, -0.15) is 0 Å². The first-order valence-corrected chi connectivity index (χ1v) is 6.58. The van der Waals surface area contributed by atoms with Crippen molar-refractivity contribution in [2.24, 2.45) is 0 Å². The van der Waals surface area contributed by atoms with Crippen molar-refractivity contribution in [3.63, 3.8) is 0 Å². The Morgan fingerprint density at radius 3 is 2.88 bits per heavy atom. The molecule has 0 aliphatic rings. The van der Waals surface area contributed by atoms with Gasteiger partial charge >= 0.3 is 0 Å². The molecule has 0 spiro atoms. The van der Waals surface area contributed by atoms with Crippen molar-refractivity contribution in [2.75, 3.05) is 27.2 Å². The molecular formula is C13H26N4. The maximum atomic E-state index is 4.23. The molecule has 0 aliphatic heterocycles. The molecule has 4 nitrogen and oxygen atoms in total. The first-order valence-electron chi connectivity index (χ1n) is 6.58. The molecule has 0 saturated heterocycles. The molecule has 0 aliphatic carbocycles. The van der Waals surface area contributed by atoms with Gasteiger partial charge in [-0.25, -0.2) is 4.98 Å². The summed E-state index contributed by atoms with van der Waals surface area (Å²) in [6.07, 6.45) is 7.55. The summed E-state index contributed by atoms with van der Waals surface area (Å²) in [7, 11) is 4.24. The van der Waals surface area contributed by atoms with Crippen LogP contribution in [0, 0.1) is 0 Å². The summed E-state index contributed by atoms with van der Waals surface area (Å²) in [4.78, 5) is 6.46. The van der Waals surface area contributed by atoms with Crippen LogP contribution in [0.2, 0.25) is 0 Å². The average Bonchev–Trinajstić information content (AvgIpc) is 2.72. The molecule has 1 heterocycles. The Hall–Kier alpha value is -0.870. The minimum atomic E-state index is 0.932. The molecule has 1 aromatic heterocycles. The summed E-state index contributed by atoms with van der Waals surface area (Å²) in [6.45, 7) is 6.44. The maximum absolute atomic E-state index is 4.23. The summed E-state index contributed by atoms with van der Waals surface area (Å²) >= 11 is 0. The van der Waals surface area contributed by atoms with Crippen LogP contribution in [-0.2, 0) is 13.1 Å². The quantitative estimate of drug-likeness (QED) is 0.665. The monoisotopic (exact) mass is 238 g/mol. The predicted octanol–water partition coefficient (Wildman–Crippen LogP) is 1.72. The molecule has 0 fully saturated rings. The summed E-state index contributed by atoms with van der Waals surface area (Å²) < 4.78 is 2.26. The number of nitrogens with one attached hydrogen (secondary N) is 1. The highest BCUT2D eigenvalue weighted by molar-refractivity contribution is 4.97. The molecule has 98 valence electrons. The molecule has 4 heteroatoms. The lowest BCUT2D eigenvalue weighted by Gasteiger charge is -2.11. The Morgan fingerprint density at radius 1 is 1.35 bits per heavy atom. The van der Waals surface area contributed by atoms with Crippen molar-refractivity contribution in [2.45, 2.75) is 39.3 Å². The summed E-state index contributed by atoms with van der Waals surface area (Å²) in [5, 5.41) is 3.42. The molecule has 17 heavy (non-hydrogen) atoms. The Bertz CT molecular complexity index is 293. The standard InChI is InChI=1S/C13H26N4/c1-4-7-14-10-13-11-15-12-17(13)9-6-5-8-16(2)3/h11-12,14H,4-10H2,1-3H3. The van der Waals surface area contributed by atoms with Crippen molar-refractivity contribution in [1.29, 1.82) is 0 Å². The van der Waals surface area contributed by atoms with E-state index in [1.165, 1.54) is 25.0 Å². The van der Waals surface area contributed by atoms with Gasteiger partial charge in [0.25, 0.3) is 0 Å². The van der Waals surface area contributed by atoms with E-state index in [2.05, 4.69) is 40.8 Å². The van der Waals surface area contributed by atoms with Crippen LogP contribution in [0.1, 0.15) is 31.9 Å². The topological polar surface area (TPSA) is 33.1 Å². The highest BCUT2D eigenvalue weighted by atomic mass is 15.1. The maximum Gasteiger partial charge on any atom is 0.0948 e. The second kappa shape index (κ2) is 8.25. The van der Waals surface area contributed by atoms with Gasteiger partial charge in [0.2, 0.25) is 0 Å². The summed E-state index contributed by atoms with van der Waals surface area (Å²) in [6, 6.07) is 0. The number of unbranched alkanes of at least 4 members (excludes halogenated alkanes) is 1. The van der Waals surface area contributed by atoms with E-state index in [1.807, 2.05) is 12.5 Å². The van der Waals surface area contributed by atoms with E-state index >= 15 is 0 Å². The third-order valence-corrected chi connectivity index (χ3v) is 2.79. The summed E-state index contributed by atoms with van der Waals surface area (Å²) in [5.41, 5.74) is 1.29. The van der Waals surface area contributed by atoms with Crippen LogP contribution in [-0.4, -0.2) is 41.6 Å². The predicted molar refractivity (Wildman–Crippen MR) is 72.0 cm³/mol. The lowest BCUT2D eigenvalue weighted by molar-refractivity contribution is 0.386. The normalized spacial score (nSPS) is 11.3. The number of nitrogens with zero attached hydrogens (tertiary/aromatic N) is 3. The van der Waals surface area contributed by atoms with Gasteiger partial charge in [0.1, 0.15) is 0 Å². The van der Waals surface area contributed by atoms with Crippen molar-refractivity contribution < 1.29 is 0 Å². The summed E-state index contributed by atoms with van der Waals surface area (Å²) in [5.74, 6) is 0. The number of hydrogen-bond acceptors (Lipinski definition) is 3. The molecule has 1 rings (SSSR count). The molecule has 0 amide bonds. The van der Waals surface area contributed by atoms with Gasteiger partial charge in [0, 0.05) is 19.3 Å². The van der Waals surface area contributed by atoms with Crippen LogP contribution in [0.3, 0.4) is 0 Å². The van der Waals surface area contributed by atoms with Crippen molar-refractivity contribution in [1.82, 2.24) is 19.8 Å². The van der Waals surface area contributed by atoms with E-state index in [4.69, 9.17) is 0 Å². The zero-order valence-electron chi connectivity index (χ0n) is 11.4. The average molecular weight is 238 g/mol. The smallest absolute Gasteiger partial charge is 0.0948 e. The fraction of sp³-hybridized carbons (Fsp3) is 0.769. The zero-order chi connectivity index (χ0) is 12.5. The number of aromatic nitrogens is 2. The fourth-order valence-electron chi connectivity index (χ4n) is 1.80. The zero-order valence-corrected chi connectivity index (χ0v) is 11.4. The van der Waals surface area contributed by atoms with Crippen molar-refractivity contribution in [3.8, 4) is 0 Å². The fourth-order valence-corrected chi connectivity index (χ4v) is 1.80. The number of imidazole rings is 1. The van der Waals surface area contributed by atoms with Crippen LogP contribution in [0.4, 0.5) is 0 Å². The molecule has 0 unspecified atom stereocenters. The van der Waals surface area contributed by atoms with Crippen LogP contribution < -0.4 is 5.32 Å². The van der Waals surface area contributed by atoms with Crippen molar-refractivity contribution >= 4 is 0 Å². The lowest BCUT2D eigenvalue weighted by Crippen LogP contribution is -2.17. The van der Waals surface area contributed by atoms with E-state index in [-0.39, 0.29) is 0 Å². The molecule has 0 atom stereocenters. The van der Waals surface area contributed by atoms with Gasteiger partial charge in [-0.15, -0.1) is 0 Å². The Balaban J connectivity index is 2.25. The largest absolute Gasteiger partial charge is 0.333 e. The van der Waals surface area contributed by atoms with Gasteiger partial charge in [-0.3, -0.25) is 0 Å². The number of rotatable bonds is 9. The van der Waals surface area contributed by atoms with E-state index < -0.39 is 0 Å². The SMILES string of the molecule is CCCNCc1cncn1CCCCN(C)C. The minimum absolute atomic E-state index is 0.932. The van der Waals surface area contributed by atoms with Crippen LogP contribution in [0.25, 0.3) is 0 Å². The molecule has 1 N–H and O–H groups in total.